The van der Waals surface area contributed by atoms with Crippen molar-refractivity contribution in [2.75, 3.05) is 0 Å². The van der Waals surface area contributed by atoms with Gasteiger partial charge >= 0.3 is 5.69 Å². The smallest absolute Gasteiger partial charge is 0.332 e. The van der Waals surface area contributed by atoms with Crippen LogP contribution < -0.4 is 16.6 Å². The second-order valence-electron chi connectivity index (χ2n) is 8.35. The minimum absolute atomic E-state index is 0.0890. The number of rotatable bonds is 7. The number of H-pyrrole nitrogens is 1. The van der Waals surface area contributed by atoms with Crippen LogP contribution in [0.5, 0.6) is 0 Å². The number of aromatic amines is 1. The van der Waals surface area contributed by atoms with Crippen molar-refractivity contribution in [3.05, 3.63) is 57.3 Å². The number of hydrogen-bond donors (Lipinski definition) is 2. The van der Waals surface area contributed by atoms with E-state index in [0.29, 0.717) is 24.1 Å². The number of hydrogen-bond acceptors (Lipinski definition) is 5. The van der Waals surface area contributed by atoms with Gasteiger partial charge in [-0.15, -0.1) is 0 Å². The minimum Gasteiger partial charge on any atom is -0.346 e. The number of nitrogens with one attached hydrogen (secondary N) is 2. The lowest BCUT2D eigenvalue weighted by Gasteiger charge is -2.20. The Labute approximate surface area is 183 Å². The number of fused-ring (bicyclic) bond motifs is 2. The molecule has 0 bridgehead atoms. The fraction of sp³-hybridized carbons (Fsp3) is 0.409. The maximum atomic E-state index is 12.7. The zero-order valence-electron chi connectivity index (χ0n) is 18.6. The van der Waals surface area contributed by atoms with Gasteiger partial charge < -0.3 is 14.9 Å². The highest BCUT2D eigenvalue weighted by Crippen LogP contribution is 2.22. The number of aryl methyl sites for hydroxylation is 2. The van der Waals surface area contributed by atoms with Crippen LogP contribution in [0.3, 0.4) is 0 Å². The number of carbonyl (C=O) groups is 1. The number of benzene rings is 1. The average Bonchev–Trinajstić information content (AvgIpc) is 3.38. The molecule has 3 aromatic heterocycles. The van der Waals surface area contributed by atoms with Crippen LogP contribution in [-0.4, -0.2) is 34.6 Å². The summed E-state index contributed by atoms with van der Waals surface area (Å²) in [6, 6.07) is 7.54. The Morgan fingerprint density at radius 3 is 2.62 bits per heavy atom. The third-order valence-corrected chi connectivity index (χ3v) is 5.71. The first-order valence-corrected chi connectivity index (χ1v) is 10.6. The lowest BCUT2D eigenvalue weighted by molar-refractivity contribution is -0.122. The van der Waals surface area contributed by atoms with Crippen molar-refractivity contribution in [2.24, 2.45) is 20.0 Å². The Balaban J connectivity index is 1.44. The summed E-state index contributed by atoms with van der Waals surface area (Å²) in [7, 11) is 3.03. The molecule has 4 aromatic rings. The second kappa shape index (κ2) is 8.45. The van der Waals surface area contributed by atoms with Crippen LogP contribution in [0.4, 0.5) is 0 Å². The Kier molecular flexibility index (Phi) is 5.68. The molecule has 10 nitrogen and oxygen atoms in total. The first kappa shape index (κ1) is 21.5. The molecular weight excluding hydrogens is 410 g/mol. The van der Waals surface area contributed by atoms with Gasteiger partial charge in [0.15, 0.2) is 11.2 Å². The predicted molar refractivity (Wildman–Crippen MR) is 121 cm³/mol. The van der Waals surface area contributed by atoms with E-state index in [1.165, 1.54) is 17.9 Å². The highest BCUT2D eigenvalue weighted by Gasteiger charge is 2.22. The third-order valence-electron chi connectivity index (χ3n) is 5.71. The number of amides is 1. The largest absolute Gasteiger partial charge is 0.346 e. The first-order chi connectivity index (χ1) is 15.3. The fourth-order valence-corrected chi connectivity index (χ4v) is 3.89. The van der Waals surface area contributed by atoms with Crippen molar-refractivity contribution in [2.45, 2.75) is 39.3 Å². The molecule has 32 heavy (non-hydrogen) atoms. The summed E-state index contributed by atoms with van der Waals surface area (Å²) in [6.07, 6.45) is 2.35. The summed E-state index contributed by atoms with van der Waals surface area (Å²) >= 11 is 0. The summed E-state index contributed by atoms with van der Waals surface area (Å²) in [4.78, 5) is 49.4. The van der Waals surface area contributed by atoms with Gasteiger partial charge in [0.05, 0.1) is 23.4 Å². The monoisotopic (exact) mass is 437 g/mol. The van der Waals surface area contributed by atoms with Crippen LogP contribution in [-0.2, 0) is 25.4 Å². The van der Waals surface area contributed by atoms with Crippen LogP contribution in [0.25, 0.3) is 22.2 Å². The van der Waals surface area contributed by atoms with Gasteiger partial charge in [0.25, 0.3) is 5.56 Å². The molecule has 0 fully saturated rings. The molecule has 0 radical (unpaired) electrons. The topological polar surface area (TPSA) is 120 Å². The molecule has 0 aliphatic rings. The van der Waals surface area contributed by atoms with Crippen LogP contribution in [0.15, 0.2) is 40.2 Å². The van der Waals surface area contributed by atoms with E-state index in [0.717, 1.165) is 21.4 Å². The van der Waals surface area contributed by atoms with Crippen molar-refractivity contribution >= 4 is 28.1 Å². The summed E-state index contributed by atoms with van der Waals surface area (Å²) in [5, 5.41) is 3.08. The highest BCUT2D eigenvalue weighted by atomic mass is 16.2. The minimum atomic E-state index is -0.419. The van der Waals surface area contributed by atoms with E-state index in [4.69, 9.17) is 0 Å². The Morgan fingerprint density at radius 2 is 1.91 bits per heavy atom. The average molecular weight is 438 g/mol. The van der Waals surface area contributed by atoms with E-state index in [1.807, 2.05) is 38.1 Å². The first-order valence-electron chi connectivity index (χ1n) is 10.6. The van der Waals surface area contributed by atoms with Crippen molar-refractivity contribution < 1.29 is 4.79 Å². The van der Waals surface area contributed by atoms with E-state index in [1.54, 1.807) is 11.6 Å². The van der Waals surface area contributed by atoms with Gasteiger partial charge in [-0.25, -0.2) is 14.8 Å². The molecule has 3 heterocycles. The van der Waals surface area contributed by atoms with E-state index < -0.39 is 11.2 Å². The van der Waals surface area contributed by atoms with Crippen molar-refractivity contribution in [3.63, 3.8) is 0 Å². The molecule has 168 valence electrons. The second-order valence-corrected chi connectivity index (χ2v) is 8.35. The van der Waals surface area contributed by atoms with E-state index in [9.17, 15) is 14.4 Å². The highest BCUT2D eigenvalue weighted by molar-refractivity contribution is 5.77. The van der Waals surface area contributed by atoms with Crippen LogP contribution in [0.1, 0.15) is 38.6 Å². The lowest BCUT2D eigenvalue weighted by atomic mass is 10.0. The predicted octanol–water partition coefficient (Wildman–Crippen LogP) is 1.60. The molecule has 1 amide bonds. The van der Waals surface area contributed by atoms with Crippen molar-refractivity contribution in [3.8, 4) is 0 Å². The summed E-state index contributed by atoms with van der Waals surface area (Å²) in [5.74, 6) is 0.801. The van der Waals surface area contributed by atoms with Gasteiger partial charge in [-0.2, -0.15) is 0 Å². The normalized spacial score (nSPS) is 12.7. The van der Waals surface area contributed by atoms with Crippen LogP contribution in [0.2, 0.25) is 0 Å². The molecule has 4 rings (SSSR count). The number of aromatic nitrogens is 6. The number of para-hydroxylation sites is 2. The van der Waals surface area contributed by atoms with Gasteiger partial charge in [0, 0.05) is 27.1 Å². The van der Waals surface area contributed by atoms with Crippen LogP contribution >= 0.6 is 0 Å². The fourth-order valence-electron chi connectivity index (χ4n) is 3.89. The molecule has 0 aliphatic heterocycles. The maximum absolute atomic E-state index is 12.7. The molecule has 0 spiro atoms. The summed E-state index contributed by atoms with van der Waals surface area (Å²) in [5.41, 5.74) is 1.69. The zero-order chi connectivity index (χ0) is 23.0. The molecular formula is C22H27N7O3. The number of carbonyl (C=O) groups excluding carboxylic acids is 1. The van der Waals surface area contributed by atoms with E-state index in [2.05, 4.69) is 20.3 Å². The molecule has 0 saturated heterocycles. The molecule has 10 heteroatoms. The van der Waals surface area contributed by atoms with Gasteiger partial charge in [-0.05, 0) is 24.5 Å². The van der Waals surface area contributed by atoms with Gasteiger partial charge in [-0.3, -0.25) is 18.7 Å². The van der Waals surface area contributed by atoms with Gasteiger partial charge in [0.2, 0.25) is 5.91 Å². The van der Waals surface area contributed by atoms with E-state index >= 15 is 0 Å². The molecule has 0 unspecified atom stereocenters. The molecule has 2 N–H and O–H groups in total. The molecule has 0 aliphatic carbocycles. The maximum Gasteiger partial charge on any atom is 0.332 e. The number of imidazole rings is 2. The summed E-state index contributed by atoms with van der Waals surface area (Å²) in [6.45, 7) is 4.51. The van der Waals surface area contributed by atoms with Crippen molar-refractivity contribution in [1.29, 1.82) is 0 Å². The van der Waals surface area contributed by atoms with Crippen LogP contribution in [0, 0.1) is 5.92 Å². The third kappa shape index (κ3) is 3.83. The molecule has 1 atom stereocenters. The Morgan fingerprint density at radius 1 is 1.16 bits per heavy atom. The molecule has 0 saturated carbocycles. The van der Waals surface area contributed by atoms with E-state index in [-0.39, 0.29) is 24.3 Å². The lowest BCUT2D eigenvalue weighted by Crippen LogP contribution is -2.37. The van der Waals surface area contributed by atoms with Crippen molar-refractivity contribution in [1.82, 2.24) is 34.0 Å². The Bertz CT molecular complexity index is 1370. The Hall–Kier alpha value is -3.69. The SMILES string of the molecule is CC(C)[C@H](NC(=O)CCCn1cnc2c1c(=O)n(C)c(=O)n2C)c1nc2ccccc2[nH]1. The molecule has 1 aromatic carbocycles. The van der Waals surface area contributed by atoms with Gasteiger partial charge in [-0.1, -0.05) is 26.0 Å². The summed E-state index contributed by atoms with van der Waals surface area (Å²) < 4.78 is 4.11. The van der Waals surface area contributed by atoms with Gasteiger partial charge in [0.1, 0.15) is 5.82 Å². The zero-order valence-corrected chi connectivity index (χ0v) is 18.6. The quantitative estimate of drug-likeness (QED) is 0.455. The standard InChI is InChI=1S/C22H27N7O3/c1-13(2)17(19-24-14-8-5-6-9-15(14)25-19)26-16(30)10-7-11-29-12-23-20-18(29)21(31)28(4)22(32)27(20)3/h5-6,8-9,12-13,17H,7,10-11H2,1-4H3,(H,24,25)(H,26,30)/t17-/m0/s1. The number of nitrogens with zero attached hydrogens (tertiary/aromatic N) is 5.